The number of benzene rings is 1. The predicted molar refractivity (Wildman–Crippen MR) is 87.1 cm³/mol. The third kappa shape index (κ3) is 7.22. The Labute approximate surface area is 128 Å². The summed E-state index contributed by atoms with van der Waals surface area (Å²) >= 11 is 12.8. The molecule has 0 spiro atoms. The first kappa shape index (κ1) is 16.9. The summed E-state index contributed by atoms with van der Waals surface area (Å²) in [5, 5.41) is 0. The van der Waals surface area contributed by atoms with Crippen molar-refractivity contribution in [3.8, 4) is 0 Å². The van der Waals surface area contributed by atoms with E-state index in [1.807, 2.05) is 30.3 Å². The van der Waals surface area contributed by atoms with Crippen molar-refractivity contribution in [2.75, 3.05) is 0 Å². The SMILES string of the molecule is CCCCCCCCCCC(Cl)(Cl)c1ccccc1. The van der Waals surface area contributed by atoms with Gasteiger partial charge in [-0.2, -0.15) is 0 Å². The van der Waals surface area contributed by atoms with Gasteiger partial charge in [0.25, 0.3) is 0 Å². The monoisotopic (exact) mass is 300 g/mol. The van der Waals surface area contributed by atoms with Crippen molar-refractivity contribution in [3.63, 3.8) is 0 Å². The lowest BCUT2D eigenvalue weighted by molar-refractivity contribution is 0.553. The molecule has 19 heavy (non-hydrogen) atoms. The Bertz CT molecular complexity index is 319. The average Bonchev–Trinajstić information content (AvgIpc) is 2.43. The summed E-state index contributed by atoms with van der Waals surface area (Å²) in [6.45, 7) is 2.25. The Morgan fingerprint density at radius 1 is 0.789 bits per heavy atom. The van der Waals surface area contributed by atoms with E-state index in [0.29, 0.717) is 0 Å². The van der Waals surface area contributed by atoms with E-state index in [1.54, 1.807) is 0 Å². The quantitative estimate of drug-likeness (QED) is 0.327. The zero-order valence-corrected chi connectivity index (χ0v) is 13.5. The van der Waals surface area contributed by atoms with Crippen LogP contribution in [0, 0.1) is 0 Å². The molecular formula is C17H26Cl2. The fourth-order valence-electron chi connectivity index (χ4n) is 2.31. The lowest BCUT2D eigenvalue weighted by Crippen LogP contribution is -2.09. The Morgan fingerprint density at radius 3 is 1.89 bits per heavy atom. The number of rotatable bonds is 10. The van der Waals surface area contributed by atoms with Gasteiger partial charge in [0.05, 0.1) is 0 Å². The highest BCUT2D eigenvalue weighted by atomic mass is 35.5. The third-order valence-electron chi connectivity index (χ3n) is 3.54. The highest BCUT2D eigenvalue weighted by Gasteiger charge is 2.25. The lowest BCUT2D eigenvalue weighted by atomic mass is 10.0. The molecular weight excluding hydrogens is 275 g/mol. The van der Waals surface area contributed by atoms with Gasteiger partial charge in [-0.05, 0) is 12.0 Å². The van der Waals surface area contributed by atoms with Crippen LogP contribution in [0.2, 0.25) is 0 Å². The molecule has 0 radical (unpaired) electrons. The van der Waals surface area contributed by atoms with E-state index in [2.05, 4.69) is 6.92 Å². The smallest absolute Gasteiger partial charge is 0.0963 e. The zero-order valence-electron chi connectivity index (χ0n) is 12.0. The maximum atomic E-state index is 6.41. The molecule has 0 atom stereocenters. The van der Waals surface area contributed by atoms with Gasteiger partial charge in [0.2, 0.25) is 0 Å². The van der Waals surface area contributed by atoms with Gasteiger partial charge in [-0.1, -0.05) is 112 Å². The second-order valence-electron chi connectivity index (χ2n) is 5.30. The van der Waals surface area contributed by atoms with Gasteiger partial charge in [0.1, 0.15) is 4.33 Å². The number of unbranched alkanes of at least 4 members (excludes halogenated alkanes) is 7. The zero-order chi connectivity index (χ0) is 14.0. The van der Waals surface area contributed by atoms with Crippen LogP contribution in [0.25, 0.3) is 0 Å². The minimum absolute atomic E-state index is 0.719. The maximum Gasteiger partial charge on any atom is 0.143 e. The largest absolute Gasteiger partial charge is 0.143 e. The molecule has 0 aliphatic rings. The van der Waals surface area contributed by atoms with Gasteiger partial charge >= 0.3 is 0 Å². The van der Waals surface area contributed by atoms with Gasteiger partial charge in [-0.25, -0.2) is 0 Å². The minimum Gasteiger partial charge on any atom is -0.0963 e. The van der Waals surface area contributed by atoms with Crippen LogP contribution in [-0.2, 0) is 4.33 Å². The molecule has 0 aliphatic heterocycles. The van der Waals surface area contributed by atoms with Crippen LogP contribution >= 0.6 is 23.2 Å². The standard InChI is InChI=1S/C17H26Cl2/c1-2-3-4-5-6-7-8-12-15-17(18,19)16-13-10-9-11-14-16/h9-11,13-14H,2-8,12,15H2,1H3. The number of hydrogen-bond acceptors (Lipinski definition) is 0. The molecule has 0 bridgehead atoms. The van der Waals surface area contributed by atoms with Gasteiger partial charge in [-0.15, -0.1) is 0 Å². The summed E-state index contributed by atoms with van der Waals surface area (Å²) in [6, 6.07) is 9.98. The molecule has 0 fully saturated rings. The van der Waals surface area contributed by atoms with E-state index < -0.39 is 4.33 Å². The van der Waals surface area contributed by atoms with Crippen LogP contribution in [0.5, 0.6) is 0 Å². The normalized spacial score (nSPS) is 11.7. The molecule has 0 aromatic heterocycles. The van der Waals surface area contributed by atoms with Gasteiger partial charge in [0, 0.05) is 0 Å². The highest BCUT2D eigenvalue weighted by Crippen LogP contribution is 2.38. The van der Waals surface area contributed by atoms with Crippen molar-refractivity contribution < 1.29 is 0 Å². The Morgan fingerprint density at radius 2 is 1.32 bits per heavy atom. The van der Waals surface area contributed by atoms with Crippen LogP contribution in [-0.4, -0.2) is 0 Å². The summed E-state index contributed by atoms with van der Waals surface area (Å²) in [5.74, 6) is 0. The van der Waals surface area contributed by atoms with Gasteiger partial charge in [-0.3, -0.25) is 0 Å². The van der Waals surface area contributed by atoms with Crippen LogP contribution in [0.15, 0.2) is 30.3 Å². The third-order valence-corrected chi connectivity index (χ3v) is 4.35. The Balaban J connectivity index is 2.12. The summed E-state index contributed by atoms with van der Waals surface area (Å²) in [4.78, 5) is 0. The fraction of sp³-hybridized carbons (Fsp3) is 0.647. The molecule has 0 aliphatic carbocycles. The molecule has 1 aromatic rings. The number of halogens is 2. The second kappa shape index (κ2) is 9.66. The Kier molecular flexibility index (Phi) is 8.57. The molecule has 1 rings (SSSR count). The maximum absolute atomic E-state index is 6.41. The molecule has 0 amide bonds. The first-order valence-corrected chi connectivity index (χ1v) is 8.36. The van der Waals surface area contributed by atoms with E-state index in [4.69, 9.17) is 23.2 Å². The van der Waals surface area contributed by atoms with Crippen molar-refractivity contribution in [2.24, 2.45) is 0 Å². The molecule has 0 nitrogen and oxygen atoms in total. The van der Waals surface area contributed by atoms with Crippen LogP contribution in [0.4, 0.5) is 0 Å². The van der Waals surface area contributed by atoms with Crippen molar-refractivity contribution in [1.29, 1.82) is 0 Å². The summed E-state index contributed by atoms with van der Waals surface area (Å²) in [5.41, 5.74) is 1.02. The van der Waals surface area contributed by atoms with Gasteiger partial charge < -0.3 is 0 Å². The van der Waals surface area contributed by atoms with Crippen LogP contribution in [0.3, 0.4) is 0 Å². The molecule has 2 heteroatoms. The predicted octanol–water partition coefficient (Wildman–Crippen LogP) is 6.85. The van der Waals surface area contributed by atoms with E-state index in [-0.39, 0.29) is 0 Å². The number of hydrogen-bond donors (Lipinski definition) is 0. The summed E-state index contributed by atoms with van der Waals surface area (Å²) < 4.78 is -0.719. The fourth-order valence-corrected chi connectivity index (χ4v) is 2.83. The Hall–Kier alpha value is -0.200. The molecule has 1 aromatic carbocycles. The molecule has 108 valence electrons. The van der Waals surface area contributed by atoms with Crippen molar-refractivity contribution in [1.82, 2.24) is 0 Å². The topological polar surface area (TPSA) is 0 Å². The minimum atomic E-state index is -0.719. The van der Waals surface area contributed by atoms with Gasteiger partial charge in [0.15, 0.2) is 0 Å². The van der Waals surface area contributed by atoms with E-state index >= 15 is 0 Å². The summed E-state index contributed by atoms with van der Waals surface area (Å²) in [7, 11) is 0. The summed E-state index contributed by atoms with van der Waals surface area (Å²) in [6.07, 6.45) is 11.3. The second-order valence-corrected chi connectivity index (χ2v) is 6.78. The number of alkyl halides is 2. The molecule has 0 heterocycles. The van der Waals surface area contributed by atoms with Crippen LogP contribution < -0.4 is 0 Å². The molecule has 0 unspecified atom stereocenters. The lowest BCUT2D eigenvalue weighted by Gasteiger charge is -2.19. The first-order chi connectivity index (χ1) is 9.17. The van der Waals surface area contributed by atoms with Crippen molar-refractivity contribution in [2.45, 2.75) is 69.0 Å². The van der Waals surface area contributed by atoms with E-state index in [1.165, 1.54) is 44.9 Å². The molecule has 0 saturated carbocycles. The molecule has 0 saturated heterocycles. The van der Waals surface area contributed by atoms with E-state index in [9.17, 15) is 0 Å². The van der Waals surface area contributed by atoms with Crippen molar-refractivity contribution >= 4 is 23.2 Å². The van der Waals surface area contributed by atoms with Crippen LogP contribution in [0.1, 0.15) is 70.3 Å². The first-order valence-electron chi connectivity index (χ1n) is 7.60. The molecule has 0 N–H and O–H groups in total. The van der Waals surface area contributed by atoms with E-state index in [0.717, 1.165) is 18.4 Å². The highest BCUT2D eigenvalue weighted by molar-refractivity contribution is 6.48. The van der Waals surface area contributed by atoms with Crippen molar-refractivity contribution in [3.05, 3.63) is 35.9 Å². The average molecular weight is 301 g/mol.